The molecule has 1 aliphatic heterocycles. The molecule has 6 heteroatoms. The van der Waals surface area contributed by atoms with E-state index in [1.54, 1.807) is 0 Å². The van der Waals surface area contributed by atoms with E-state index in [0.29, 0.717) is 24.8 Å². The molecule has 0 radical (unpaired) electrons. The zero-order chi connectivity index (χ0) is 18.3. The van der Waals surface area contributed by atoms with Crippen molar-refractivity contribution in [3.05, 3.63) is 69.7 Å². The molecule has 3 aromatic rings. The summed E-state index contributed by atoms with van der Waals surface area (Å²) in [6, 6.07) is 8.69. The molecule has 3 heterocycles. The van der Waals surface area contributed by atoms with Crippen LogP contribution in [0.25, 0.3) is 0 Å². The molecule has 0 fully saturated rings. The molecule has 0 N–H and O–H groups in total. The van der Waals surface area contributed by atoms with E-state index in [1.807, 2.05) is 35.7 Å². The molecule has 2 aromatic heterocycles. The third-order valence-electron chi connectivity index (χ3n) is 4.89. The number of carbonyl (C=O) groups is 1. The number of fused-ring (bicyclic) bond motifs is 1. The second-order valence-corrected chi connectivity index (χ2v) is 8.04. The van der Waals surface area contributed by atoms with E-state index in [4.69, 9.17) is 0 Å². The minimum Gasteiger partial charge on any atom is -0.332 e. The maximum absolute atomic E-state index is 13.0. The number of benzene rings is 1. The first kappa shape index (κ1) is 17.0. The molecule has 134 valence electrons. The van der Waals surface area contributed by atoms with Crippen LogP contribution in [-0.2, 0) is 6.54 Å². The first-order valence-corrected chi connectivity index (χ1v) is 9.74. The standard InChI is InChI=1S/C20H22N4OS/c1-13(2)24-9-8-21-19(24)17-11-23(10-15-6-4-5-7-16(15)17)20(25)18-12-26-14(3)22-18/h4-9,12-13,17H,10-11H2,1-3H3. The van der Waals surface area contributed by atoms with Gasteiger partial charge in [0, 0.05) is 36.9 Å². The average Bonchev–Trinajstić information content (AvgIpc) is 3.29. The van der Waals surface area contributed by atoms with E-state index in [2.05, 4.69) is 46.6 Å². The molecule has 1 atom stereocenters. The number of aromatic nitrogens is 3. The molecule has 0 aliphatic carbocycles. The van der Waals surface area contributed by atoms with Gasteiger partial charge in [-0.2, -0.15) is 0 Å². The number of aryl methyl sites for hydroxylation is 1. The van der Waals surface area contributed by atoms with Crippen LogP contribution in [-0.4, -0.2) is 31.9 Å². The van der Waals surface area contributed by atoms with Crippen LogP contribution < -0.4 is 0 Å². The van der Waals surface area contributed by atoms with Gasteiger partial charge in [-0.05, 0) is 31.9 Å². The second kappa shape index (κ2) is 6.68. The molecule has 1 unspecified atom stereocenters. The maximum atomic E-state index is 13.0. The summed E-state index contributed by atoms with van der Waals surface area (Å²) in [5.74, 6) is 1.08. The summed E-state index contributed by atoms with van der Waals surface area (Å²) in [5.41, 5.74) is 2.99. The van der Waals surface area contributed by atoms with Crippen LogP contribution in [0.15, 0.2) is 42.0 Å². The predicted molar refractivity (Wildman–Crippen MR) is 102 cm³/mol. The Bertz CT molecular complexity index is 943. The number of hydrogen-bond acceptors (Lipinski definition) is 4. The highest BCUT2D eigenvalue weighted by Crippen LogP contribution is 2.34. The largest absolute Gasteiger partial charge is 0.332 e. The van der Waals surface area contributed by atoms with Gasteiger partial charge < -0.3 is 9.47 Å². The van der Waals surface area contributed by atoms with Crippen LogP contribution in [0, 0.1) is 6.92 Å². The minimum absolute atomic E-state index is 0.00324. The Hall–Kier alpha value is -2.47. The lowest BCUT2D eigenvalue weighted by atomic mass is 9.88. The van der Waals surface area contributed by atoms with Crippen LogP contribution in [0.2, 0.25) is 0 Å². The van der Waals surface area contributed by atoms with Gasteiger partial charge in [-0.1, -0.05) is 24.3 Å². The Morgan fingerprint density at radius 1 is 1.31 bits per heavy atom. The molecule has 26 heavy (non-hydrogen) atoms. The van der Waals surface area contributed by atoms with Gasteiger partial charge in [-0.25, -0.2) is 9.97 Å². The third-order valence-corrected chi connectivity index (χ3v) is 5.66. The molecule has 0 bridgehead atoms. The highest BCUT2D eigenvalue weighted by atomic mass is 32.1. The SMILES string of the molecule is Cc1nc(C(=O)N2Cc3ccccc3C(c3nccn3C(C)C)C2)cs1. The smallest absolute Gasteiger partial charge is 0.273 e. The van der Waals surface area contributed by atoms with Crippen LogP contribution in [0.4, 0.5) is 0 Å². The average molecular weight is 366 g/mol. The predicted octanol–water partition coefficient (Wildman–Crippen LogP) is 4.02. The third kappa shape index (κ3) is 2.94. The van der Waals surface area contributed by atoms with Crippen molar-refractivity contribution >= 4 is 17.2 Å². The first-order valence-electron chi connectivity index (χ1n) is 8.86. The zero-order valence-corrected chi connectivity index (χ0v) is 16.0. The van der Waals surface area contributed by atoms with Crippen molar-refractivity contribution in [1.29, 1.82) is 0 Å². The summed E-state index contributed by atoms with van der Waals surface area (Å²) >= 11 is 1.51. The zero-order valence-electron chi connectivity index (χ0n) is 15.2. The number of hydrogen-bond donors (Lipinski definition) is 0. The molecule has 0 spiro atoms. The van der Waals surface area contributed by atoms with Crippen LogP contribution in [0.1, 0.15) is 58.3 Å². The highest BCUT2D eigenvalue weighted by Gasteiger charge is 2.32. The first-order chi connectivity index (χ1) is 12.5. The maximum Gasteiger partial charge on any atom is 0.273 e. The van der Waals surface area contributed by atoms with Crippen molar-refractivity contribution < 1.29 is 4.79 Å². The molecule has 5 nitrogen and oxygen atoms in total. The number of nitrogens with zero attached hydrogens (tertiary/aromatic N) is 4. The van der Waals surface area contributed by atoms with Crippen LogP contribution in [0.3, 0.4) is 0 Å². The molecule has 1 aromatic carbocycles. The van der Waals surface area contributed by atoms with E-state index in [1.165, 1.54) is 22.5 Å². The summed E-state index contributed by atoms with van der Waals surface area (Å²) in [6.45, 7) is 7.47. The normalized spacial score (nSPS) is 16.8. The number of thiazole rings is 1. The fraction of sp³-hybridized carbons (Fsp3) is 0.350. The van der Waals surface area contributed by atoms with Crippen molar-refractivity contribution in [2.75, 3.05) is 6.54 Å². The van der Waals surface area contributed by atoms with Gasteiger partial charge in [0.1, 0.15) is 11.5 Å². The lowest BCUT2D eigenvalue weighted by Gasteiger charge is -2.34. The van der Waals surface area contributed by atoms with Crippen LogP contribution in [0.5, 0.6) is 0 Å². The molecular formula is C20H22N4OS. The Labute approximate surface area is 157 Å². The van der Waals surface area contributed by atoms with E-state index in [9.17, 15) is 4.79 Å². The van der Waals surface area contributed by atoms with Gasteiger partial charge in [0.2, 0.25) is 0 Å². The summed E-state index contributed by atoms with van der Waals surface area (Å²) in [7, 11) is 0. The summed E-state index contributed by atoms with van der Waals surface area (Å²) < 4.78 is 2.20. The fourth-order valence-corrected chi connectivity index (χ4v) is 4.22. The Morgan fingerprint density at radius 2 is 2.12 bits per heavy atom. The number of amides is 1. The topological polar surface area (TPSA) is 51.0 Å². The quantitative estimate of drug-likeness (QED) is 0.703. The fourth-order valence-electron chi connectivity index (χ4n) is 3.64. The monoisotopic (exact) mass is 366 g/mol. The summed E-state index contributed by atoms with van der Waals surface area (Å²) in [4.78, 5) is 23.9. The van der Waals surface area contributed by atoms with Crippen molar-refractivity contribution in [2.24, 2.45) is 0 Å². The Balaban J connectivity index is 1.74. The Kier molecular flexibility index (Phi) is 4.36. The van der Waals surface area contributed by atoms with E-state index >= 15 is 0 Å². The van der Waals surface area contributed by atoms with Crippen molar-refractivity contribution in [3.63, 3.8) is 0 Å². The highest BCUT2D eigenvalue weighted by molar-refractivity contribution is 7.09. The number of imidazole rings is 1. The number of rotatable bonds is 3. The summed E-state index contributed by atoms with van der Waals surface area (Å²) in [5, 5.41) is 2.76. The second-order valence-electron chi connectivity index (χ2n) is 6.98. The minimum atomic E-state index is -0.00324. The Morgan fingerprint density at radius 3 is 2.85 bits per heavy atom. The lowest BCUT2D eigenvalue weighted by Crippen LogP contribution is -2.39. The number of carbonyl (C=O) groups excluding carboxylic acids is 1. The van der Waals surface area contributed by atoms with Crippen molar-refractivity contribution in [3.8, 4) is 0 Å². The van der Waals surface area contributed by atoms with Gasteiger partial charge in [-0.15, -0.1) is 11.3 Å². The lowest BCUT2D eigenvalue weighted by molar-refractivity contribution is 0.0717. The van der Waals surface area contributed by atoms with Gasteiger partial charge in [0.25, 0.3) is 5.91 Å². The van der Waals surface area contributed by atoms with E-state index in [-0.39, 0.29) is 11.8 Å². The summed E-state index contributed by atoms with van der Waals surface area (Å²) in [6.07, 6.45) is 3.87. The van der Waals surface area contributed by atoms with Gasteiger partial charge in [0.15, 0.2) is 0 Å². The van der Waals surface area contributed by atoms with E-state index < -0.39 is 0 Å². The van der Waals surface area contributed by atoms with Crippen molar-refractivity contribution in [2.45, 2.75) is 39.3 Å². The molecular weight excluding hydrogens is 344 g/mol. The van der Waals surface area contributed by atoms with Gasteiger partial charge >= 0.3 is 0 Å². The molecule has 1 amide bonds. The molecule has 0 saturated heterocycles. The van der Waals surface area contributed by atoms with Crippen molar-refractivity contribution in [1.82, 2.24) is 19.4 Å². The molecule has 0 saturated carbocycles. The van der Waals surface area contributed by atoms with E-state index in [0.717, 1.165) is 10.8 Å². The van der Waals surface area contributed by atoms with Crippen LogP contribution >= 0.6 is 11.3 Å². The van der Waals surface area contributed by atoms with Gasteiger partial charge in [-0.3, -0.25) is 4.79 Å². The molecule has 1 aliphatic rings. The van der Waals surface area contributed by atoms with Gasteiger partial charge in [0.05, 0.1) is 10.9 Å². The molecule has 4 rings (SSSR count).